The summed E-state index contributed by atoms with van der Waals surface area (Å²) in [5, 5.41) is 5.29. The van der Waals surface area contributed by atoms with Crippen molar-refractivity contribution in [2.45, 2.75) is 12.6 Å². The number of furan rings is 1. The van der Waals surface area contributed by atoms with E-state index in [0.717, 1.165) is 0 Å². The van der Waals surface area contributed by atoms with Crippen molar-refractivity contribution in [3.8, 4) is 0 Å². The Morgan fingerprint density at radius 3 is 2.79 bits per heavy atom. The average molecular weight is 327 g/mol. The lowest BCUT2D eigenvalue weighted by Crippen LogP contribution is -2.44. The molecule has 0 radical (unpaired) electrons. The molecule has 0 saturated heterocycles. The summed E-state index contributed by atoms with van der Waals surface area (Å²) in [4.78, 5) is 26.2. The molecule has 1 aromatic heterocycles. The van der Waals surface area contributed by atoms with Crippen LogP contribution in [0.25, 0.3) is 0 Å². The predicted molar refractivity (Wildman–Crippen MR) is 82.0 cm³/mol. The Kier molecular flexibility index (Phi) is 3.34. The predicted octanol–water partition coefficient (Wildman–Crippen LogP) is 2.07. The highest BCUT2D eigenvalue weighted by atomic mass is 19.1. The number of benzene rings is 1. The van der Waals surface area contributed by atoms with Gasteiger partial charge in [0.2, 0.25) is 0 Å². The van der Waals surface area contributed by atoms with Gasteiger partial charge >= 0.3 is 6.03 Å². The van der Waals surface area contributed by atoms with E-state index < -0.39 is 17.9 Å². The quantitative estimate of drug-likeness (QED) is 0.906. The molecule has 6 nitrogen and oxygen atoms in total. The van der Waals surface area contributed by atoms with Crippen LogP contribution in [0.5, 0.6) is 0 Å². The molecular formula is C17H14FN3O3. The molecule has 2 aliphatic rings. The third-order valence-corrected chi connectivity index (χ3v) is 4.16. The van der Waals surface area contributed by atoms with E-state index in [0.29, 0.717) is 23.6 Å². The first-order valence-electron chi connectivity index (χ1n) is 7.50. The van der Waals surface area contributed by atoms with Crippen LogP contribution >= 0.6 is 0 Å². The Morgan fingerprint density at radius 1 is 1.21 bits per heavy atom. The molecule has 0 bridgehead atoms. The summed E-state index contributed by atoms with van der Waals surface area (Å²) in [6.07, 6.45) is 1.54. The number of rotatable bonds is 3. The molecule has 4 rings (SSSR count). The van der Waals surface area contributed by atoms with Crippen molar-refractivity contribution in [1.82, 2.24) is 15.5 Å². The maximum atomic E-state index is 14.2. The first-order valence-corrected chi connectivity index (χ1v) is 7.50. The number of carbonyl (C=O) groups excluding carboxylic acids is 2. The van der Waals surface area contributed by atoms with Crippen LogP contribution in [0.4, 0.5) is 9.18 Å². The van der Waals surface area contributed by atoms with Gasteiger partial charge in [0, 0.05) is 5.56 Å². The summed E-state index contributed by atoms with van der Waals surface area (Å²) in [7, 11) is 0. The molecule has 1 atom stereocenters. The number of carbonyl (C=O) groups is 2. The lowest BCUT2D eigenvalue weighted by molar-refractivity contribution is -0.126. The standard InChI is InChI=1S/C17H14FN3O3/c18-12-6-2-1-5-11(12)15-14-13(19-17(23)20-15)9-21(16(14)22)8-10-4-3-7-24-10/h1-7,15H,8-9H2,(H2,19,20,23)/t15-/m0/s1. The fraction of sp³-hybridized carbons (Fsp3) is 0.176. The van der Waals surface area contributed by atoms with E-state index >= 15 is 0 Å². The second-order valence-electron chi connectivity index (χ2n) is 5.69. The van der Waals surface area contributed by atoms with E-state index in [4.69, 9.17) is 4.42 Å². The van der Waals surface area contributed by atoms with Gasteiger partial charge in [-0.2, -0.15) is 0 Å². The fourth-order valence-corrected chi connectivity index (χ4v) is 3.09. The maximum absolute atomic E-state index is 14.2. The van der Waals surface area contributed by atoms with Gasteiger partial charge in [-0.3, -0.25) is 4.79 Å². The highest BCUT2D eigenvalue weighted by Crippen LogP contribution is 2.34. The first-order chi connectivity index (χ1) is 11.6. The van der Waals surface area contributed by atoms with Crippen molar-refractivity contribution in [3.63, 3.8) is 0 Å². The summed E-state index contributed by atoms with van der Waals surface area (Å²) in [6.45, 7) is 0.548. The molecule has 2 aliphatic heterocycles. The molecule has 1 aromatic carbocycles. The van der Waals surface area contributed by atoms with Crippen molar-refractivity contribution in [3.05, 3.63) is 71.1 Å². The largest absolute Gasteiger partial charge is 0.467 e. The van der Waals surface area contributed by atoms with Gasteiger partial charge in [-0.1, -0.05) is 18.2 Å². The van der Waals surface area contributed by atoms with Crippen LogP contribution in [-0.2, 0) is 11.3 Å². The Labute approximate surface area is 136 Å². The van der Waals surface area contributed by atoms with E-state index in [2.05, 4.69) is 10.6 Å². The monoisotopic (exact) mass is 327 g/mol. The smallest absolute Gasteiger partial charge is 0.319 e. The number of hydrogen-bond acceptors (Lipinski definition) is 3. The SMILES string of the molecule is O=C1NC2=C(C(=O)N(Cc3ccco3)C2)[C@H](c2ccccc2F)N1. The van der Waals surface area contributed by atoms with Gasteiger partial charge in [0.1, 0.15) is 11.6 Å². The Bertz CT molecular complexity index is 845. The molecule has 122 valence electrons. The third kappa shape index (κ3) is 2.34. The van der Waals surface area contributed by atoms with Gasteiger partial charge in [-0.25, -0.2) is 9.18 Å². The van der Waals surface area contributed by atoms with Gasteiger partial charge < -0.3 is 20.0 Å². The molecule has 0 saturated carbocycles. The normalized spacial score (nSPS) is 20.0. The van der Waals surface area contributed by atoms with Crippen LogP contribution in [0.15, 0.2) is 58.3 Å². The highest BCUT2D eigenvalue weighted by Gasteiger charge is 2.41. The lowest BCUT2D eigenvalue weighted by Gasteiger charge is -2.25. The second kappa shape index (κ2) is 5.52. The van der Waals surface area contributed by atoms with E-state index in [1.807, 2.05) is 0 Å². The van der Waals surface area contributed by atoms with E-state index in [1.165, 1.54) is 12.3 Å². The number of halogens is 1. The molecule has 0 fully saturated rings. The van der Waals surface area contributed by atoms with Crippen LogP contribution in [0.3, 0.4) is 0 Å². The number of nitrogens with zero attached hydrogens (tertiary/aromatic N) is 1. The first kappa shape index (κ1) is 14.5. The maximum Gasteiger partial charge on any atom is 0.319 e. The summed E-state index contributed by atoms with van der Waals surface area (Å²) in [5.41, 5.74) is 1.14. The van der Waals surface area contributed by atoms with Crippen LogP contribution in [0, 0.1) is 5.82 Å². The molecule has 0 spiro atoms. The molecule has 2 aromatic rings. The Balaban J connectivity index is 1.68. The number of amides is 3. The Morgan fingerprint density at radius 2 is 2.04 bits per heavy atom. The zero-order valence-electron chi connectivity index (χ0n) is 12.6. The lowest BCUT2D eigenvalue weighted by atomic mass is 9.96. The van der Waals surface area contributed by atoms with Crippen molar-refractivity contribution in [1.29, 1.82) is 0 Å². The van der Waals surface area contributed by atoms with Gasteiger partial charge in [-0.05, 0) is 18.2 Å². The molecule has 0 aliphatic carbocycles. The van der Waals surface area contributed by atoms with Crippen molar-refractivity contribution < 1.29 is 18.4 Å². The van der Waals surface area contributed by atoms with Crippen molar-refractivity contribution in [2.75, 3.05) is 6.54 Å². The van der Waals surface area contributed by atoms with Crippen LogP contribution < -0.4 is 10.6 Å². The minimum Gasteiger partial charge on any atom is -0.467 e. The molecule has 3 amide bonds. The molecular weight excluding hydrogens is 313 g/mol. The average Bonchev–Trinajstić information content (AvgIpc) is 3.16. The molecule has 24 heavy (non-hydrogen) atoms. The number of hydrogen-bond donors (Lipinski definition) is 2. The zero-order valence-corrected chi connectivity index (χ0v) is 12.6. The summed E-state index contributed by atoms with van der Waals surface area (Å²) in [6, 6.07) is 8.38. The van der Waals surface area contributed by atoms with Crippen LogP contribution in [0.2, 0.25) is 0 Å². The van der Waals surface area contributed by atoms with Gasteiger partial charge in [0.25, 0.3) is 5.91 Å². The fourth-order valence-electron chi connectivity index (χ4n) is 3.09. The molecule has 2 N–H and O–H groups in total. The summed E-state index contributed by atoms with van der Waals surface area (Å²) >= 11 is 0. The summed E-state index contributed by atoms with van der Waals surface area (Å²) < 4.78 is 19.4. The number of urea groups is 1. The molecule has 7 heteroatoms. The van der Waals surface area contributed by atoms with Gasteiger partial charge in [0.15, 0.2) is 0 Å². The summed E-state index contributed by atoms with van der Waals surface area (Å²) in [5.74, 6) is -0.0686. The third-order valence-electron chi connectivity index (χ3n) is 4.16. The van der Waals surface area contributed by atoms with E-state index in [9.17, 15) is 14.0 Å². The number of nitrogens with one attached hydrogen (secondary N) is 2. The zero-order chi connectivity index (χ0) is 16.7. The van der Waals surface area contributed by atoms with Crippen LogP contribution in [0.1, 0.15) is 17.4 Å². The Hall–Kier alpha value is -3.09. The van der Waals surface area contributed by atoms with E-state index in [-0.39, 0.29) is 18.0 Å². The minimum atomic E-state index is -0.802. The minimum absolute atomic E-state index is 0.248. The van der Waals surface area contributed by atoms with Gasteiger partial charge in [-0.15, -0.1) is 0 Å². The van der Waals surface area contributed by atoms with Crippen molar-refractivity contribution in [2.24, 2.45) is 0 Å². The second-order valence-corrected chi connectivity index (χ2v) is 5.69. The topological polar surface area (TPSA) is 74.6 Å². The highest BCUT2D eigenvalue weighted by molar-refractivity contribution is 6.01. The molecule has 0 unspecified atom stereocenters. The van der Waals surface area contributed by atoms with Gasteiger partial charge in [0.05, 0.1) is 36.7 Å². The van der Waals surface area contributed by atoms with Crippen LogP contribution in [-0.4, -0.2) is 23.4 Å². The van der Waals surface area contributed by atoms with Crippen molar-refractivity contribution >= 4 is 11.9 Å². The molecule has 3 heterocycles. The van der Waals surface area contributed by atoms with E-state index in [1.54, 1.807) is 35.2 Å².